The fourth-order valence-corrected chi connectivity index (χ4v) is 4.75. The summed E-state index contributed by atoms with van der Waals surface area (Å²) in [4.78, 5) is 45.3. The summed E-state index contributed by atoms with van der Waals surface area (Å²) < 4.78 is 55.4. The van der Waals surface area contributed by atoms with Gasteiger partial charge in [-0.25, -0.2) is 19.6 Å². The van der Waals surface area contributed by atoms with Gasteiger partial charge < -0.3 is 19.2 Å². The molecule has 0 fully saturated rings. The molecule has 0 spiro atoms. The maximum absolute atomic E-state index is 13.4. The number of alkyl halides is 3. The zero-order valence-corrected chi connectivity index (χ0v) is 21.6. The second-order valence-electron chi connectivity index (χ2n) is 7.35. The van der Waals surface area contributed by atoms with E-state index in [9.17, 15) is 27.6 Å². The maximum Gasteiger partial charge on any atom is 0.433 e. The number of esters is 2. The summed E-state index contributed by atoms with van der Waals surface area (Å²) >= 11 is 1.51. The highest BCUT2D eigenvalue weighted by molar-refractivity contribution is 7.99. The van der Waals surface area contributed by atoms with Gasteiger partial charge in [-0.05, 0) is 44.0 Å². The smallest absolute Gasteiger partial charge is 0.433 e. The number of nitrogens with one attached hydrogen (secondary N) is 1. The van der Waals surface area contributed by atoms with Crippen LogP contribution in [0, 0.1) is 6.92 Å². The molecule has 0 aliphatic rings. The van der Waals surface area contributed by atoms with Crippen LogP contribution < -0.4 is 5.32 Å². The molecule has 0 saturated carbocycles. The van der Waals surface area contributed by atoms with Crippen molar-refractivity contribution in [2.75, 3.05) is 24.3 Å². The largest absolute Gasteiger partial charge is 0.463 e. The molecule has 0 aliphatic heterocycles. The van der Waals surface area contributed by atoms with Crippen LogP contribution in [-0.4, -0.2) is 46.8 Å². The van der Waals surface area contributed by atoms with Crippen LogP contribution in [0.1, 0.15) is 51.6 Å². The van der Waals surface area contributed by atoms with Crippen LogP contribution in [0.5, 0.6) is 0 Å². The van der Waals surface area contributed by atoms with Crippen molar-refractivity contribution < 1.29 is 41.4 Å². The number of aromatic nitrogens is 2. The van der Waals surface area contributed by atoms with Crippen molar-refractivity contribution in [2.45, 2.75) is 38.5 Å². The Balaban J connectivity index is 1.82. The van der Waals surface area contributed by atoms with Gasteiger partial charge in [0.2, 0.25) is 5.91 Å². The Morgan fingerprint density at radius 3 is 2.54 bits per heavy atom. The first kappa shape index (κ1) is 28.2. The lowest BCUT2D eigenvalue weighted by Crippen LogP contribution is -2.17. The predicted molar refractivity (Wildman–Crippen MR) is 130 cm³/mol. The maximum atomic E-state index is 13.4. The molecule has 0 saturated heterocycles. The van der Waals surface area contributed by atoms with Crippen LogP contribution >= 0.6 is 23.1 Å². The molecule has 3 heterocycles. The van der Waals surface area contributed by atoms with Crippen LogP contribution in [0.25, 0.3) is 11.5 Å². The Bertz CT molecular complexity index is 1280. The highest BCUT2D eigenvalue weighted by Gasteiger charge is 2.34. The summed E-state index contributed by atoms with van der Waals surface area (Å²) in [6, 6.07) is 3.70. The Hall–Kier alpha value is -3.39. The minimum Gasteiger partial charge on any atom is -0.463 e. The first-order chi connectivity index (χ1) is 17.5. The summed E-state index contributed by atoms with van der Waals surface area (Å²) in [5.74, 6) is -2.32. The Kier molecular flexibility index (Phi) is 9.32. The van der Waals surface area contributed by atoms with E-state index in [1.165, 1.54) is 25.3 Å². The fraction of sp³-hybridized carbons (Fsp3) is 0.348. The van der Waals surface area contributed by atoms with Crippen molar-refractivity contribution in [3.63, 3.8) is 0 Å². The van der Waals surface area contributed by atoms with E-state index < -0.39 is 29.7 Å². The van der Waals surface area contributed by atoms with Crippen molar-refractivity contribution in [1.29, 1.82) is 0 Å². The molecule has 9 nitrogen and oxygen atoms in total. The number of furan rings is 1. The van der Waals surface area contributed by atoms with E-state index in [0.717, 1.165) is 17.4 Å². The minimum atomic E-state index is -4.74. The SMILES string of the molecule is CCCOC(=O)c1c(NC(=O)CSc2nc(-c3ccco3)cc(C(F)(F)F)n2)sc(C(=O)OCC)c1C. The molecule has 3 aromatic heterocycles. The zero-order chi connectivity index (χ0) is 27.2. The molecule has 0 aromatic carbocycles. The molecule has 0 atom stereocenters. The number of carbonyl (C=O) groups is 3. The number of rotatable bonds is 10. The third kappa shape index (κ3) is 7.10. The third-order valence-corrected chi connectivity index (χ3v) is 6.64. The highest BCUT2D eigenvalue weighted by Crippen LogP contribution is 2.35. The quantitative estimate of drug-likeness (QED) is 0.193. The number of hydrogen-bond acceptors (Lipinski definition) is 10. The van der Waals surface area contributed by atoms with Gasteiger partial charge in [0.25, 0.3) is 0 Å². The van der Waals surface area contributed by atoms with Gasteiger partial charge in [-0.1, -0.05) is 18.7 Å². The van der Waals surface area contributed by atoms with E-state index in [2.05, 4.69) is 15.3 Å². The number of amides is 1. The summed E-state index contributed by atoms with van der Waals surface area (Å²) in [5, 5.41) is 2.30. The number of thiophene rings is 1. The highest BCUT2D eigenvalue weighted by atomic mass is 32.2. The molecule has 3 rings (SSSR count). The van der Waals surface area contributed by atoms with Crippen LogP contribution in [0.4, 0.5) is 18.2 Å². The number of carbonyl (C=O) groups excluding carboxylic acids is 3. The summed E-state index contributed by atoms with van der Waals surface area (Å²) in [6.45, 7) is 5.22. The van der Waals surface area contributed by atoms with Crippen LogP contribution in [0.3, 0.4) is 0 Å². The number of nitrogens with zero attached hydrogens (tertiary/aromatic N) is 2. The summed E-state index contributed by atoms with van der Waals surface area (Å²) in [5.41, 5.74) is -0.984. The number of hydrogen-bond donors (Lipinski definition) is 1. The van der Waals surface area contributed by atoms with Crippen LogP contribution in [0.15, 0.2) is 34.0 Å². The topological polar surface area (TPSA) is 121 Å². The minimum absolute atomic E-state index is 0.00952. The number of ether oxygens (including phenoxy) is 2. The van der Waals surface area contributed by atoms with Crippen LogP contribution in [0.2, 0.25) is 0 Å². The van der Waals surface area contributed by atoms with Crippen molar-refractivity contribution in [3.8, 4) is 11.5 Å². The molecule has 1 N–H and O–H groups in total. The summed E-state index contributed by atoms with van der Waals surface area (Å²) in [7, 11) is 0. The Labute approximate surface area is 217 Å². The first-order valence-corrected chi connectivity index (χ1v) is 12.8. The monoisotopic (exact) mass is 557 g/mol. The predicted octanol–water partition coefficient (Wildman–Crippen LogP) is 5.60. The molecule has 0 unspecified atom stereocenters. The average Bonchev–Trinajstić information content (AvgIpc) is 3.49. The van der Waals surface area contributed by atoms with Crippen molar-refractivity contribution >= 4 is 45.9 Å². The molecule has 3 aromatic rings. The van der Waals surface area contributed by atoms with Crippen molar-refractivity contribution in [2.24, 2.45) is 0 Å². The van der Waals surface area contributed by atoms with Crippen molar-refractivity contribution in [3.05, 3.63) is 46.2 Å². The second-order valence-corrected chi connectivity index (χ2v) is 9.31. The van der Waals surface area contributed by atoms with Gasteiger partial charge in [0.15, 0.2) is 10.9 Å². The van der Waals surface area contributed by atoms with Gasteiger partial charge in [-0.15, -0.1) is 11.3 Å². The van der Waals surface area contributed by atoms with E-state index in [4.69, 9.17) is 13.9 Å². The molecule has 198 valence electrons. The zero-order valence-electron chi connectivity index (χ0n) is 19.9. The lowest BCUT2D eigenvalue weighted by atomic mass is 10.1. The van der Waals surface area contributed by atoms with Gasteiger partial charge in [-0.3, -0.25) is 4.79 Å². The van der Waals surface area contributed by atoms with Gasteiger partial charge in [-0.2, -0.15) is 13.2 Å². The number of thioether (sulfide) groups is 1. The van der Waals surface area contributed by atoms with E-state index in [1.54, 1.807) is 6.92 Å². The van der Waals surface area contributed by atoms with Gasteiger partial charge in [0, 0.05) is 0 Å². The van der Waals surface area contributed by atoms with E-state index in [0.29, 0.717) is 18.2 Å². The van der Waals surface area contributed by atoms with Gasteiger partial charge in [0.1, 0.15) is 21.3 Å². The molecule has 1 amide bonds. The van der Waals surface area contributed by atoms with E-state index >= 15 is 0 Å². The molecule has 37 heavy (non-hydrogen) atoms. The average molecular weight is 558 g/mol. The Morgan fingerprint density at radius 2 is 1.92 bits per heavy atom. The Morgan fingerprint density at radius 1 is 1.16 bits per heavy atom. The first-order valence-electron chi connectivity index (χ1n) is 11.0. The van der Waals surface area contributed by atoms with E-state index in [-0.39, 0.29) is 56.6 Å². The second kappa shape index (κ2) is 12.2. The van der Waals surface area contributed by atoms with Gasteiger partial charge >= 0.3 is 18.1 Å². The van der Waals surface area contributed by atoms with Crippen molar-refractivity contribution in [1.82, 2.24) is 9.97 Å². The molecule has 0 aliphatic carbocycles. The molecule has 0 radical (unpaired) electrons. The fourth-order valence-electron chi connectivity index (χ4n) is 2.98. The standard InChI is InChI=1S/C23H22F3N3O6S2/c1-4-8-35-20(31)17-12(3)18(21(32)33-5-2)37-19(17)29-16(30)11-36-22-27-13(14-7-6-9-34-14)10-15(28-22)23(24,25)26/h6-7,9-10H,4-5,8,11H2,1-3H3,(H,29,30). The van der Waals surface area contributed by atoms with Gasteiger partial charge in [0.05, 0.1) is 30.8 Å². The molecular formula is C23H22F3N3O6S2. The van der Waals surface area contributed by atoms with Crippen LogP contribution in [-0.2, 0) is 20.4 Å². The normalized spacial score (nSPS) is 11.3. The lowest BCUT2D eigenvalue weighted by molar-refractivity contribution is -0.141. The lowest BCUT2D eigenvalue weighted by Gasteiger charge is -2.10. The molecule has 14 heteroatoms. The molecular weight excluding hydrogens is 535 g/mol. The number of halogens is 3. The number of anilines is 1. The summed E-state index contributed by atoms with van der Waals surface area (Å²) in [6.07, 6.45) is -2.88. The third-order valence-electron chi connectivity index (χ3n) is 4.60. The molecule has 0 bridgehead atoms. The van der Waals surface area contributed by atoms with E-state index in [1.807, 2.05) is 6.92 Å².